The van der Waals surface area contributed by atoms with Gasteiger partial charge in [0.05, 0.1) is 6.54 Å². The number of carbonyl (C=O) groups excluding carboxylic acids is 1. The van der Waals surface area contributed by atoms with Gasteiger partial charge in [-0.1, -0.05) is 41.6 Å². The van der Waals surface area contributed by atoms with E-state index in [1.54, 1.807) is 0 Å². The van der Waals surface area contributed by atoms with E-state index >= 15 is 0 Å². The Morgan fingerprint density at radius 2 is 1.95 bits per heavy atom. The minimum absolute atomic E-state index is 0.0786. The zero-order valence-electron chi connectivity index (χ0n) is 11.5. The highest BCUT2D eigenvalue weighted by atomic mass is 19.1. The van der Waals surface area contributed by atoms with E-state index in [-0.39, 0.29) is 18.0 Å². The van der Waals surface area contributed by atoms with Crippen LogP contribution in [0.3, 0.4) is 0 Å². The first-order chi connectivity index (χ1) is 10.7. The molecule has 0 fully saturated rings. The third-order valence-electron chi connectivity index (χ3n) is 2.99. The SMILES string of the molecule is O=C(NCc1nc(-c2ccccc2)no1)c1cccc(F)c1. The van der Waals surface area contributed by atoms with Crippen molar-refractivity contribution in [3.05, 3.63) is 71.9 Å². The summed E-state index contributed by atoms with van der Waals surface area (Å²) in [4.78, 5) is 16.1. The molecular weight excluding hydrogens is 285 g/mol. The molecule has 0 aliphatic heterocycles. The molecule has 0 saturated heterocycles. The molecule has 3 rings (SSSR count). The average Bonchev–Trinajstić information content (AvgIpc) is 3.02. The van der Waals surface area contributed by atoms with Crippen molar-refractivity contribution in [1.82, 2.24) is 15.5 Å². The Bertz CT molecular complexity index is 787. The Morgan fingerprint density at radius 3 is 2.73 bits per heavy atom. The summed E-state index contributed by atoms with van der Waals surface area (Å²) < 4.78 is 18.1. The number of aromatic nitrogens is 2. The van der Waals surface area contributed by atoms with Gasteiger partial charge >= 0.3 is 0 Å². The Hall–Kier alpha value is -3.02. The van der Waals surface area contributed by atoms with Crippen molar-refractivity contribution in [2.45, 2.75) is 6.54 Å². The smallest absolute Gasteiger partial charge is 0.251 e. The van der Waals surface area contributed by atoms with E-state index in [0.29, 0.717) is 5.82 Å². The molecule has 0 spiro atoms. The van der Waals surface area contributed by atoms with Gasteiger partial charge in [0.25, 0.3) is 5.91 Å². The number of carbonyl (C=O) groups is 1. The Kier molecular flexibility index (Phi) is 3.91. The minimum atomic E-state index is -0.461. The van der Waals surface area contributed by atoms with Crippen LogP contribution >= 0.6 is 0 Å². The molecule has 0 radical (unpaired) electrons. The van der Waals surface area contributed by atoms with Crippen molar-refractivity contribution in [2.24, 2.45) is 0 Å². The third kappa shape index (κ3) is 3.17. The van der Waals surface area contributed by atoms with Gasteiger partial charge in [0, 0.05) is 11.1 Å². The van der Waals surface area contributed by atoms with Gasteiger partial charge in [-0.3, -0.25) is 4.79 Å². The topological polar surface area (TPSA) is 68.0 Å². The zero-order chi connectivity index (χ0) is 15.4. The van der Waals surface area contributed by atoms with Gasteiger partial charge in [-0.2, -0.15) is 4.98 Å². The van der Waals surface area contributed by atoms with E-state index in [1.807, 2.05) is 30.3 Å². The lowest BCUT2D eigenvalue weighted by Crippen LogP contribution is -2.23. The van der Waals surface area contributed by atoms with Crippen molar-refractivity contribution in [3.63, 3.8) is 0 Å². The quantitative estimate of drug-likeness (QED) is 0.804. The summed E-state index contributed by atoms with van der Waals surface area (Å²) in [7, 11) is 0. The number of halogens is 1. The van der Waals surface area contributed by atoms with Crippen LogP contribution in [0.4, 0.5) is 4.39 Å². The van der Waals surface area contributed by atoms with Crippen molar-refractivity contribution in [1.29, 1.82) is 0 Å². The summed E-state index contributed by atoms with van der Waals surface area (Å²) in [6.07, 6.45) is 0. The number of nitrogens with one attached hydrogen (secondary N) is 1. The normalized spacial score (nSPS) is 10.4. The number of hydrogen-bond donors (Lipinski definition) is 1. The highest BCUT2D eigenvalue weighted by Crippen LogP contribution is 2.14. The van der Waals surface area contributed by atoms with Crippen LogP contribution in [0.1, 0.15) is 16.2 Å². The Labute approximate surface area is 125 Å². The van der Waals surface area contributed by atoms with Crippen LogP contribution in [-0.2, 0) is 6.54 Å². The third-order valence-corrected chi connectivity index (χ3v) is 2.99. The molecule has 0 saturated carbocycles. The monoisotopic (exact) mass is 297 g/mol. The molecule has 1 aromatic heterocycles. The van der Waals surface area contributed by atoms with E-state index in [4.69, 9.17) is 4.52 Å². The maximum absolute atomic E-state index is 13.1. The standard InChI is InChI=1S/C16H12FN3O2/c17-13-8-4-7-12(9-13)16(21)18-10-14-19-15(20-22-14)11-5-2-1-3-6-11/h1-9H,10H2,(H,18,21). The van der Waals surface area contributed by atoms with Crippen molar-refractivity contribution < 1.29 is 13.7 Å². The summed E-state index contributed by atoms with van der Waals surface area (Å²) in [6, 6.07) is 14.8. The molecule has 22 heavy (non-hydrogen) atoms. The Morgan fingerprint density at radius 1 is 1.14 bits per heavy atom. The molecule has 3 aromatic rings. The zero-order valence-corrected chi connectivity index (χ0v) is 11.5. The molecule has 110 valence electrons. The van der Waals surface area contributed by atoms with Crippen molar-refractivity contribution in [2.75, 3.05) is 0 Å². The molecule has 5 nitrogen and oxygen atoms in total. The predicted molar refractivity (Wildman–Crippen MR) is 77.3 cm³/mol. The van der Waals surface area contributed by atoms with E-state index in [9.17, 15) is 9.18 Å². The van der Waals surface area contributed by atoms with Crippen LogP contribution in [0.25, 0.3) is 11.4 Å². The van der Waals surface area contributed by atoms with Crippen molar-refractivity contribution >= 4 is 5.91 Å². The maximum Gasteiger partial charge on any atom is 0.251 e. The van der Waals surface area contributed by atoms with Gasteiger partial charge in [0.15, 0.2) is 0 Å². The molecule has 6 heteroatoms. The lowest BCUT2D eigenvalue weighted by Gasteiger charge is -2.01. The molecule has 0 aliphatic carbocycles. The fourth-order valence-electron chi connectivity index (χ4n) is 1.92. The second-order valence-electron chi connectivity index (χ2n) is 4.57. The molecule has 0 bridgehead atoms. The molecule has 0 aliphatic rings. The highest BCUT2D eigenvalue weighted by molar-refractivity contribution is 5.94. The van der Waals surface area contributed by atoms with Gasteiger partial charge in [0.2, 0.25) is 11.7 Å². The van der Waals surface area contributed by atoms with Gasteiger partial charge in [0.1, 0.15) is 5.82 Å². The molecular formula is C16H12FN3O2. The summed E-state index contributed by atoms with van der Waals surface area (Å²) in [5.41, 5.74) is 1.07. The van der Waals surface area contributed by atoms with Crippen LogP contribution in [-0.4, -0.2) is 16.0 Å². The van der Waals surface area contributed by atoms with Gasteiger partial charge in [-0.15, -0.1) is 0 Å². The maximum atomic E-state index is 13.1. The van der Waals surface area contributed by atoms with Gasteiger partial charge in [-0.05, 0) is 18.2 Å². The lowest BCUT2D eigenvalue weighted by atomic mass is 10.2. The summed E-state index contributed by atoms with van der Waals surface area (Å²) >= 11 is 0. The van der Waals surface area contributed by atoms with Gasteiger partial charge in [-0.25, -0.2) is 4.39 Å². The molecule has 0 atom stereocenters. The first-order valence-corrected chi connectivity index (χ1v) is 6.64. The van der Waals surface area contributed by atoms with Crippen LogP contribution in [0.2, 0.25) is 0 Å². The molecule has 1 amide bonds. The second-order valence-corrected chi connectivity index (χ2v) is 4.57. The summed E-state index contributed by atoms with van der Waals surface area (Å²) in [5, 5.41) is 6.46. The molecule has 0 unspecified atom stereocenters. The minimum Gasteiger partial charge on any atom is -0.343 e. The molecule has 1 N–H and O–H groups in total. The Balaban J connectivity index is 1.65. The number of hydrogen-bond acceptors (Lipinski definition) is 4. The van der Waals surface area contributed by atoms with Crippen LogP contribution < -0.4 is 5.32 Å². The predicted octanol–water partition coefficient (Wildman–Crippen LogP) is 2.81. The van der Waals surface area contributed by atoms with Crippen molar-refractivity contribution in [3.8, 4) is 11.4 Å². The van der Waals surface area contributed by atoms with E-state index < -0.39 is 11.7 Å². The number of nitrogens with zero attached hydrogens (tertiary/aromatic N) is 2. The largest absolute Gasteiger partial charge is 0.343 e. The lowest BCUT2D eigenvalue weighted by molar-refractivity contribution is 0.0946. The van der Waals surface area contributed by atoms with Crippen LogP contribution in [0.5, 0.6) is 0 Å². The number of benzene rings is 2. The van der Waals surface area contributed by atoms with E-state index in [0.717, 1.165) is 5.56 Å². The fourth-order valence-corrected chi connectivity index (χ4v) is 1.92. The van der Waals surface area contributed by atoms with Crippen LogP contribution in [0.15, 0.2) is 59.1 Å². The van der Waals surface area contributed by atoms with E-state index in [2.05, 4.69) is 15.5 Å². The van der Waals surface area contributed by atoms with Crippen LogP contribution in [0, 0.1) is 5.82 Å². The van der Waals surface area contributed by atoms with E-state index in [1.165, 1.54) is 24.3 Å². The number of rotatable bonds is 4. The number of amides is 1. The summed E-state index contributed by atoms with van der Waals surface area (Å²) in [6.45, 7) is 0.0786. The summed E-state index contributed by atoms with van der Waals surface area (Å²) in [5.74, 6) is -0.130. The average molecular weight is 297 g/mol. The molecule has 2 aromatic carbocycles. The fraction of sp³-hybridized carbons (Fsp3) is 0.0625. The highest BCUT2D eigenvalue weighted by Gasteiger charge is 2.11. The molecule has 1 heterocycles. The first-order valence-electron chi connectivity index (χ1n) is 6.64. The second kappa shape index (κ2) is 6.17. The van der Waals surface area contributed by atoms with Gasteiger partial charge < -0.3 is 9.84 Å². The first kappa shape index (κ1) is 13.9.